The number of nitrogen functional groups attached to an aromatic ring is 3. The van der Waals surface area contributed by atoms with E-state index >= 15 is 0 Å². The van der Waals surface area contributed by atoms with E-state index in [-0.39, 0.29) is 77.8 Å². The maximum atomic E-state index is 14.2. The van der Waals surface area contributed by atoms with Gasteiger partial charge in [-0.3, -0.25) is 32.9 Å². The standard InChI is InChI=1S/C28H23N7O2.C27H21N7O2.C22H17ClN6O.C6H8BNO3.C2H6.BBr3/c1-17(32-26-22(30-2)16-31-28(29)34-26)23-15-18-9-7-12-20(21-13-8-14-24(33-21)37-3)25(18)27(36)35(23)19-10-5-4-6-11-19;1-16(31-25-21(29-2)15-30-27(28)33-25)22-14-17-8-6-11-19(20-12-7-13-23(35)32-20)24(17)26(36)34(22)18-9-4-3-5-10-18;1-13(27-20-17(25-2)12-26-22(24)28-20)18-11-14-7-6-10-16(23)19(14)21(30)29(18)15-8-4-3-5-9-15;1-11-6-4-2-3-5(8-6)7(9)10;1-2;2-1(3)4/h4-17H,1,3H3,(H3,29,31,32,34);3-16H,1H3,(H,32,35)(H3,28,30,31,33);3-13H,1H3,(H3,24,26,27,28);2-4,9-10H,1H3;1-2H3;/t17-;16-;13-;;;/m000.../s1/i;;;;1D;. The van der Waals surface area contributed by atoms with Crippen LogP contribution in [0, 0.1) is 19.7 Å². The minimum Gasteiger partial charge on any atom is -0.481 e. The first kappa shape index (κ1) is 86.9. The molecule has 12 N–H and O–H groups in total. The molecule has 0 radical (unpaired) electrons. The van der Waals surface area contributed by atoms with Crippen LogP contribution in [0.5, 0.6) is 11.8 Å². The molecule has 0 saturated carbocycles. The van der Waals surface area contributed by atoms with E-state index in [4.69, 9.17) is 69.4 Å². The molecule has 0 aliphatic heterocycles. The van der Waals surface area contributed by atoms with Gasteiger partial charge in [0.15, 0.2) is 0 Å². The Kier molecular flexibility index (Phi) is 30.3. The highest BCUT2D eigenvalue weighted by atomic mass is 79.9. The average molecular weight is 1820 g/mol. The molecule has 15 aromatic rings. The molecular weight excluding hydrogens is 1740 g/mol. The molecule has 0 bridgehead atoms. The lowest BCUT2D eigenvalue weighted by Gasteiger charge is -2.22. The summed E-state index contributed by atoms with van der Waals surface area (Å²) in [5.41, 5.74) is 23.9. The Balaban J connectivity index is 0.000000173. The van der Waals surface area contributed by atoms with Gasteiger partial charge in [-0.05, 0) is 116 Å². The molecule has 120 heavy (non-hydrogen) atoms. The van der Waals surface area contributed by atoms with Gasteiger partial charge >= 0.3 is 10.3 Å². The fraction of sp³-hybridized carbons (Fsp3) is 0.118. The van der Waals surface area contributed by atoms with E-state index in [0.717, 1.165) is 10.8 Å². The number of para-hydroxylation sites is 3. The number of ether oxygens (including phenoxy) is 2. The van der Waals surface area contributed by atoms with Crippen LogP contribution in [0.2, 0.25) is 5.02 Å². The minimum absolute atomic E-state index is 0.0394. The third-order valence-corrected chi connectivity index (χ3v) is 18.1. The molecule has 3 atom stereocenters. The van der Waals surface area contributed by atoms with E-state index in [1.165, 1.54) is 37.8 Å². The zero-order valence-corrected chi connectivity index (χ0v) is 70.5. The molecule has 29 nitrogen and oxygen atoms in total. The van der Waals surface area contributed by atoms with E-state index in [1.807, 2.05) is 185 Å². The lowest BCUT2D eigenvalue weighted by molar-refractivity contribution is 0.395. The van der Waals surface area contributed by atoms with Crippen LogP contribution in [0.25, 0.3) is 86.4 Å². The van der Waals surface area contributed by atoms with Gasteiger partial charge in [0.25, 0.3) is 16.7 Å². The second-order valence-electron chi connectivity index (χ2n) is 25.4. The van der Waals surface area contributed by atoms with Gasteiger partial charge in [-0.2, -0.15) is 0 Å². The smallest absolute Gasteiger partial charge is 0.481 e. The number of nitrogens with one attached hydrogen (secondary N) is 4. The summed E-state index contributed by atoms with van der Waals surface area (Å²) in [4.78, 5) is 99.5. The van der Waals surface area contributed by atoms with Gasteiger partial charge in [0, 0.05) is 89.1 Å². The van der Waals surface area contributed by atoms with Crippen molar-refractivity contribution in [3.05, 3.63) is 335 Å². The number of hydrogen-bond acceptors (Lipinski definition) is 22. The van der Waals surface area contributed by atoms with E-state index < -0.39 is 19.2 Å². The number of hydrogen-bond donors (Lipinski definition) is 9. The fourth-order valence-corrected chi connectivity index (χ4v) is 12.8. The summed E-state index contributed by atoms with van der Waals surface area (Å²) in [6.07, 6.45) is 4.11. The minimum atomic E-state index is -1.54. The molecule has 0 unspecified atom stereocenters. The summed E-state index contributed by atoms with van der Waals surface area (Å²) in [6.45, 7) is 30.2. The highest BCUT2D eigenvalue weighted by molar-refractivity contribution is 9.69. The molecular formula is C85H75B2Br3ClN21O8. The van der Waals surface area contributed by atoms with Crippen molar-refractivity contribution in [1.29, 1.82) is 0 Å². The van der Waals surface area contributed by atoms with Crippen LogP contribution in [0.3, 0.4) is 0 Å². The van der Waals surface area contributed by atoms with E-state index in [9.17, 15) is 19.2 Å². The highest BCUT2D eigenvalue weighted by Gasteiger charge is 2.25. The summed E-state index contributed by atoms with van der Waals surface area (Å²) in [5.74, 6) is 1.88. The topological polar surface area (TPSA) is 388 Å². The van der Waals surface area contributed by atoms with Gasteiger partial charge in [-0.1, -0.05) is 147 Å². The van der Waals surface area contributed by atoms with Crippen molar-refractivity contribution >= 4 is 159 Å². The molecule has 9 heterocycles. The number of aromatic nitrogens is 12. The Morgan fingerprint density at radius 1 is 0.483 bits per heavy atom. The number of aromatic amines is 1. The predicted molar refractivity (Wildman–Crippen MR) is 488 cm³/mol. The zero-order valence-electron chi connectivity index (χ0n) is 66.0. The Hall–Kier alpha value is -13.9. The zero-order chi connectivity index (χ0) is 87.0. The van der Waals surface area contributed by atoms with Crippen molar-refractivity contribution in [1.82, 2.24) is 58.6 Å². The summed E-state index contributed by atoms with van der Waals surface area (Å²) in [6, 6.07) is 64.3. The number of rotatable bonds is 17. The van der Waals surface area contributed by atoms with Crippen LogP contribution >= 0.6 is 58.9 Å². The van der Waals surface area contributed by atoms with Gasteiger partial charge in [0.2, 0.25) is 52.2 Å². The number of fused-ring (bicyclic) bond motifs is 3. The van der Waals surface area contributed by atoms with Gasteiger partial charge in [-0.25, -0.2) is 54.4 Å². The molecule has 0 aliphatic rings. The number of H-pyrrole nitrogens is 1. The monoisotopic (exact) mass is 1810 g/mol. The molecule has 0 spiro atoms. The average Bonchev–Trinajstić information content (AvgIpc) is 0.753. The van der Waals surface area contributed by atoms with E-state index in [2.05, 4.69) is 123 Å². The Labute approximate surface area is 720 Å². The van der Waals surface area contributed by atoms with Crippen molar-refractivity contribution < 1.29 is 20.9 Å². The second-order valence-corrected chi connectivity index (χ2v) is 32.3. The number of nitrogens with zero attached hydrogens (tertiary/aromatic N) is 14. The third kappa shape index (κ3) is 21.5. The normalized spacial score (nSPS) is 11.3. The Morgan fingerprint density at radius 3 is 1.23 bits per heavy atom. The third-order valence-electron chi connectivity index (χ3n) is 17.8. The molecule has 602 valence electrons. The van der Waals surface area contributed by atoms with Crippen molar-refractivity contribution in [2.24, 2.45) is 0 Å². The van der Waals surface area contributed by atoms with Crippen LogP contribution in [-0.4, -0.2) is 93.1 Å². The number of halogens is 4. The maximum absolute atomic E-state index is 14.2. The first-order valence-corrected chi connectivity index (χ1v) is 39.4. The van der Waals surface area contributed by atoms with Gasteiger partial charge in [-0.15, -0.1) is 47.3 Å². The molecule has 0 fully saturated rings. The number of anilines is 6. The van der Waals surface area contributed by atoms with Gasteiger partial charge in [0.1, 0.15) is 17.5 Å². The molecule has 9 aromatic heterocycles. The SMILES string of the molecule is BrB(Br)Br.COc1cccc(B(O)O)n1.[2H]CC.[C-]#[N+]c1cnc(N)nc1N[C@@H](C)c1cc2cccc(-c3cccc(=O)[nH]3)c2c(=O)n1-c1ccccc1.[C-]#[N+]c1cnc(N)nc1N[C@@H](C)c1cc2cccc(-c3cccc(OC)n3)c2c(=O)n1-c1ccccc1.[C-]#[N+]c1cnc(N)nc1N[C@@H](C)c1cc2cccc(Cl)c2c(=O)n1-c1ccccc1. The second kappa shape index (κ2) is 41.8. The van der Waals surface area contributed by atoms with Crippen LogP contribution in [0.4, 0.5) is 52.4 Å². The first-order chi connectivity index (χ1) is 58.3. The number of methoxy groups -OCH3 is 2. The number of benzene rings is 6. The molecule has 0 amide bonds. The molecule has 15 rings (SSSR count). The van der Waals surface area contributed by atoms with E-state index in [1.54, 1.807) is 70.2 Å². The first-order valence-electron chi connectivity index (χ1n) is 37.0. The summed E-state index contributed by atoms with van der Waals surface area (Å²) < 4.78 is 21.5. The number of nitrogens with two attached hydrogens (primary N) is 3. The lowest BCUT2D eigenvalue weighted by atomic mass is 9.86. The molecule has 35 heteroatoms. The van der Waals surface area contributed by atoms with Crippen LogP contribution in [0.15, 0.2) is 256 Å². The Morgan fingerprint density at radius 2 is 0.833 bits per heavy atom. The quantitative estimate of drug-likeness (QED) is 0.0302. The molecule has 6 aromatic carbocycles. The van der Waals surface area contributed by atoms with Crippen LogP contribution in [-0.2, 0) is 0 Å². The Bertz CT molecular complexity index is 6590. The molecule has 0 saturated heterocycles. The fourth-order valence-electron chi connectivity index (χ4n) is 12.6. The molecule has 0 aliphatic carbocycles. The van der Waals surface area contributed by atoms with Crippen molar-refractivity contribution in [3.63, 3.8) is 0 Å². The lowest BCUT2D eigenvalue weighted by Crippen LogP contribution is -2.32. The van der Waals surface area contributed by atoms with Crippen molar-refractivity contribution in [2.75, 3.05) is 47.4 Å². The van der Waals surface area contributed by atoms with Crippen LogP contribution in [0.1, 0.15) is 71.2 Å². The van der Waals surface area contributed by atoms with Gasteiger partial charge in [0.05, 0.1) is 84.5 Å². The van der Waals surface area contributed by atoms with Crippen molar-refractivity contribution in [3.8, 4) is 51.3 Å². The van der Waals surface area contributed by atoms with E-state index in [0.29, 0.717) is 114 Å². The van der Waals surface area contributed by atoms with Crippen LogP contribution < -0.4 is 70.5 Å². The predicted octanol–water partition coefficient (Wildman–Crippen LogP) is 16.3. The van der Waals surface area contributed by atoms with Crippen molar-refractivity contribution in [2.45, 2.75) is 52.7 Å². The number of pyridine rings is 6. The highest BCUT2D eigenvalue weighted by Crippen LogP contribution is 2.36. The summed E-state index contributed by atoms with van der Waals surface area (Å²) in [7, 11) is 1.49. The summed E-state index contributed by atoms with van der Waals surface area (Å²) >= 11 is 15.7. The largest absolute Gasteiger partial charge is 0.508 e. The summed E-state index contributed by atoms with van der Waals surface area (Å²) in [5, 5.41) is 31.1. The van der Waals surface area contributed by atoms with Gasteiger partial charge < -0.3 is 57.7 Å². The maximum Gasteiger partial charge on any atom is 0.508 e.